The molecule has 0 spiro atoms. The van der Waals surface area contributed by atoms with Crippen LogP contribution in [0.25, 0.3) is 0 Å². The van der Waals surface area contributed by atoms with Crippen molar-refractivity contribution < 1.29 is 64.2 Å². The quantitative estimate of drug-likeness (QED) is 0.0967. The van der Waals surface area contributed by atoms with Gasteiger partial charge in [0, 0.05) is 5.88 Å². The average molecular weight is 493 g/mol. The van der Waals surface area contributed by atoms with E-state index in [1.807, 2.05) is 0 Å². The summed E-state index contributed by atoms with van der Waals surface area (Å²) in [6.07, 6.45) is -15.0. The van der Waals surface area contributed by atoms with Crippen molar-refractivity contribution in [2.24, 2.45) is 0 Å². The van der Waals surface area contributed by atoms with E-state index in [0.29, 0.717) is 25.7 Å². The van der Waals surface area contributed by atoms with Crippen LogP contribution < -0.4 is 0 Å². The van der Waals surface area contributed by atoms with Gasteiger partial charge in [-0.1, -0.05) is 0 Å². The zero-order valence-corrected chi connectivity index (χ0v) is 18.1. The zero-order valence-electron chi connectivity index (χ0n) is 17.4. The molecule has 2 heterocycles. The topological polar surface area (TPSA) is 197 Å². The minimum Gasteiger partial charge on any atom is -0.394 e. The molecule has 0 bridgehead atoms. The van der Waals surface area contributed by atoms with Crippen LogP contribution in [-0.4, -0.2) is 149 Å². The first-order valence-corrected chi connectivity index (χ1v) is 10.8. The molecule has 7 N–H and O–H groups in total. The van der Waals surface area contributed by atoms with Crippen molar-refractivity contribution in [3.8, 4) is 0 Å². The van der Waals surface area contributed by atoms with Gasteiger partial charge in [-0.25, -0.2) is 0 Å². The summed E-state index contributed by atoms with van der Waals surface area (Å²) in [6, 6.07) is 0. The van der Waals surface area contributed by atoms with Crippen LogP contribution in [0.3, 0.4) is 0 Å². The van der Waals surface area contributed by atoms with Crippen LogP contribution in [0.2, 0.25) is 0 Å². The van der Waals surface area contributed by atoms with Gasteiger partial charge in [-0.15, -0.1) is 11.6 Å². The molecular weight excluding hydrogens is 460 g/mol. The summed E-state index contributed by atoms with van der Waals surface area (Å²) >= 11 is 5.48. The second-order valence-electron chi connectivity index (χ2n) is 7.29. The maximum atomic E-state index is 10.6. The molecule has 2 aliphatic heterocycles. The van der Waals surface area contributed by atoms with Crippen LogP contribution in [-0.2, 0) is 28.4 Å². The molecule has 2 aliphatic rings. The van der Waals surface area contributed by atoms with E-state index in [9.17, 15) is 35.7 Å². The Kier molecular flexibility index (Phi) is 12.5. The minimum absolute atomic E-state index is 0.00174. The molecule has 2 fully saturated rings. The molecule has 0 saturated carbocycles. The van der Waals surface area contributed by atoms with E-state index in [4.69, 9.17) is 40.0 Å². The predicted molar refractivity (Wildman–Crippen MR) is 105 cm³/mol. The van der Waals surface area contributed by atoms with Gasteiger partial charge in [-0.3, -0.25) is 0 Å². The molecule has 0 radical (unpaired) electrons. The van der Waals surface area contributed by atoms with Crippen LogP contribution in [0.5, 0.6) is 0 Å². The van der Waals surface area contributed by atoms with E-state index < -0.39 is 74.6 Å². The number of ether oxygens (including phenoxy) is 6. The Labute approximate surface area is 189 Å². The van der Waals surface area contributed by atoms with Gasteiger partial charge in [0.05, 0.1) is 46.2 Å². The lowest BCUT2D eigenvalue weighted by Crippen LogP contribution is -2.64. The first-order chi connectivity index (χ1) is 15.3. The number of hydrogen-bond acceptors (Lipinski definition) is 13. The highest BCUT2D eigenvalue weighted by molar-refractivity contribution is 6.17. The van der Waals surface area contributed by atoms with Crippen molar-refractivity contribution in [1.29, 1.82) is 0 Å². The third-order valence-electron chi connectivity index (χ3n) is 5.06. The summed E-state index contributed by atoms with van der Waals surface area (Å²) in [4.78, 5) is 0. The molecule has 0 aromatic heterocycles. The van der Waals surface area contributed by atoms with Gasteiger partial charge in [0.25, 0.3) is 0 Å². The number of aliphatic hydroxyl groups is 7. The van der Waals surface area contributed by atoms with Crippen LogP contribution in [0.1, 0.15) is 0 Å². The molecule has 2 rings (SSSR count). The van der Waals surface area contributed by atoms with Crippen molar-refractivity contribution in [1.82, 2.24) is 0 Å². The normalized spacial score (nSPS) is 40.5. The second-order valence-corrected chi connectivity index (χ2v) is 7.67. The molecular formula is C18H33ClO13. The Morgan fingerprint density at radius 2 is 1.19 bits per heavy atom. The van der Waals surface area contributed by atoms with Crippen LogP contribution in [0, 0.1) is 0 Å². The Morgan fingerprint density at radius 3 is 1.81 bits per heavy atom. The van der Waals surface area contributed by atoms with E-state index in [1.165, 1.54) is 0 Å². The highest BCUT2D eigenvalue weighted by Crippen LogP contribution is 2.29. The van der Waals surface area contributed by atoms with E-state index in [2.05, 4.69) is 0 Å². The Morgan fingerprint density at radius 1 is 0.625 bits per heavy atom. The molecule has 190 valence electrons. The summed E-state index contributed by atoms with van der Waals surface area (Å²) in [5.41, 5.74) is 0. The van der Waals surface area contributed by atoms with Gasteiger partial charge >= 0.3 is 0 Å². The van der Waals surface area contributed by atoms with Crippen molar-refractivity contribution in [2.45, 2.75) is 61.4 Å². The second kappa shape index (κ2) is 14.2. The largest absolute Gasteiger partial charge is 0.394 e. The number of aliphatic hydroxyl groups excluding tert-OH is 7. The van der Waals surface area contributed by atoms with E-state index in [0.717, 1.165) is 0 Å². The van der Waals surface area contributed by atoms with Gasteiger partial charge in [0.15, 0.2) is 12.6 Å². The summed E-state index contributed by atoms with van der Waals surface area (Å²) in [7, 11) is 0. The molecule has 2 saturated heterocycles. The fourth-order valence-electron chi connectivity index (χ4n) is 3.29. The van der Waals surface area contributed by atoms with Crippen LogP contribution in [0.4, 0.5) is 0 Å². The molecule has 0 aromatic rings. The molecule has 10 atom stereocenters. The van der Waals surface area contributed by atoms with E-state index in [1.54, 1.807) is 0 Å². The molecule has 0 aliphatic carbocycles. The number of halogens is 1. The standard InChI is InChI=1S/C18H33ClO13/c19-1-2-27-3-4-28-5-6-29-17-15(26)16(12(23)10(8-21)30-17)32-18-14(25)13(24)11(22)9(7-20)31-18/h9-18,20-26H,1-8H2/t9-,10-,11+,12+,13+,14-,15-,16+,17+,18+/m1/s1. The van der Waals surface area contributed by atoms with Gasteiger partial charge in [0.1, 0.15) is 48.8 Å². The average Bonchev–Trinajstić information content (AvgIpc) is 2.79. The van der Waals surface area contributed by atoms with E-state index >= 15 is 0 Å². The lowest BCUT2D eigenvalue weighted by Gasteiger charge is -2.45. The predicted octanol–water partition coefficient (Wildman–Crippen LogP) is -4.10. The maximum Gasteiger partial charge on any atom is 0.187 e. The van der Waals surface area contributed by atoms with Crippen molar-refractivity contribution in [3.05, 3.63) is 0 Å². The third-order valence-corrected chi connectivity index (χ3v) is 5.22. The van der Waals surface area contributed by atoms with Crippen LogP contribution >= 0.6 is 11.6 Å². The summed E-state index contributed by atoms with van der Waals surface area (Å²) in [5, 5.41) is 69.7. The molecule has 14 heteroatoms. The first-order valence-electron chi connectivity index (χ1n) is 10.3. The molecule has 0 unspecified atom stereocenters. The van der Waals surface area contributed by atoms with Gasteiger partial charge in [0.2, 0.25) is 0 Å². The van der Waals surface area contributed by atoms with E-state index in [-0.39, 0.29) is 13.2 Å². The van der Waals surface area contributed by atoms with Gasteiger partial charge in [-0.05, 0) is 0 Å². The highest BCUT2D eigenvalue weighted by atomic mass is 35.5. The fourth-order valence-corrected chi connectivity index (χ4v) is 3.40. The smallest absolute Gasteiger partial charge is 0.187 e. The van der Waals surface area contributed by atoms with Crippen LogP contribution in [0.15, 0.2) is 0 Å². The number of alkyl halides is 1. The van der Waals surface area contributed by atoms with Gasteiger partial charge in [-0.2, -0.15) is 0 Å². The zero-order chi connectivity index (χ0) is 23.7. The first kappa shape index (κ1) is 28.0. The Balaban J connectivity index is 1.91. The number of hydrogen-bond donors (Lipinski definition) is 7. The Bertz CT molecular complexity index is 515. The van der Waals surface area contributed by atoms with Gasteiger partial charge < -0.3 is 64.2 Å². The molecule has 13 nitrogen and oxygen atoms in total. The fraction of sp³-hybridized carbons (Fsp3) is 1.00. The molecule has 0 amide bonds. The third kappa shape index (κ3) is 7.38. The maximum absolute atomic E-state index is 10.6. The van der Waals surface area contributed by atoms with Crippen molar-refractivity contribution in [3.63, 3.8) is 0 Å². The monoisotopic (exact) mass is 492 g/mol. The lowest BCUT2D eigenvalue weighted by molar-refractivity contribution is -0.360. The van der Waals surface area contributed by atoms with Crippen molar-refractivity contribution >= 4 is 11.6 Å². The Hall–Kier alpha value is -0.230. The lowest BCUT2D eigenvalue weighted by atomic mass is 9.97. The van der Waals surface area contributed by atoms with Crippen molar-refractivity contribution in [2.75, 3.05) is 52.1 Å². The highest BCUT2D eigenvalue weighted by Gasteiger charge is 2.50. The summed E-state index contributed by atoms with van der Waals surface area (Å²) < 4.78 is 32.0. The summed E-state index contributed by atoms with van der Waals surface area (Å²) in [6.45, 7) is -0.107. The summed E-state index contributed by atoms with van der Waals surface area (Å²) in [5.74, 6) is 0.379. The molecule has 32 heavy (non-hydrogen) atoms. The molecule has 0 aromatic carbocycles. The number of rotatable bonds is 13. The minimum atomic E-state index is -1.74. The SMILES string of the molecule is OC[C@H]1O[C@@H](O[C@H]2[C@@H](O)[C@@H](CO)O[C@H](OCCOCCOCCCl)[C@@H]2O)[C@H](O)[C@@H](O)[C@H]1O.